The predicted octanol–water partition coefficient (Wildman–Crippen LogP) is 4.17. The lowest BCUT2D eigenvalue weighted by atomic mass is 9.80. The van der Waals surface area contributed by atoms with Crippen molar-refractivity contribution in [2.24, 2.45) is 5.92 Å². The standard InChI is InChI=1S/C15H31O5P/c1-4-7-10-13(14(16)17)15(11-8-5-2,12-9-6-3)21(18,19)20/h13H,4-12H2,1-3H3,(H,16,17)(H2,18,19,20). The predicted molar refractivity (Wildman–Crippen MR) is 84.5 cm³/mol. The molecule has 0 aromatic carbocycles. The van der Waals surface area contributed by atoms with E-state index >= 15 is 0 Å². The molecule has 0 rings (SSSR count). The molecule has 0 amide bonds. The number of carboxylic acid groups (broad SMARTS) is 1. The van der Waals surface area contributed by atoms with Crippen LogP contribution in [0.15, 0.2) is 0 Å². The highest BCUT2D eigenvalue weighted by Gasteiger charge is 2.53. The van der Waals surface area contributed by atoms with Crippen LogP contribution < -0.4 is 0 Å². The molecule has 1 unspecified atom stereocenters. The molecular weight excluding hydrogens is 291 g/mol. The van der Waals surface area contributed by atoms with Gasteiger partial charge in [-0.15, -0.1) is 0 Å². The summed E-state index contributed by atoms with van der Waals surface area (Å²) < 4.78 is 12.2. The first-order chi connectivity index (χ1) is 9.76. The van der Waals surface area contributed by atoms with Crippen LogP contribution in [0.4, 0.5) is 0 Å². The van der Waals surface area contributed by atoms with Crippen LogP contribution in [0.1, 0.15) is 78.6 Å². The minimum absolute atomic E-state index is 0.286. The van der Waals surface area contributed by atoms with Gasteiger partial charge in [0.2, 0.25) is 0 Å². The van der Waals surface area contributed by atoms with Crippen molar-refractivity contribution in [3.63, 3.8) is 0 Å². The molecule has 0 aliphatic heterocycles. The van der Waals surface area contributed by atoms with Crippen molar-refractivity contribution in [3.8, 4) is 0 Å². The van der Waals surface area contributed by atoms with Crippen LogP contribution in [0.25, 0.3) is 0 Å². The minimum atomic E-state index is -4.50. The first kappa shape index (κ1) is 20.6. The molecular formula is C15H31O5P. The van der Waals surface area contributed by atoms with Crippen molar-refractivity contribution < 1.29 is 24.3 Å². The van der Waals surface area contributed by atoms with Crippen molar-refractivity contribution in [1.82, 2.24) is 0 Å². The highest BCUT2D eigenvalue weighted by molar-refractivity contribution is 7.53. The van der Waals surface area contributed by atoms with Crippen LogP contribution in [-0.2, 0) is 9.36 Å². The lowest BCUT2D eigenvalue weighted by molar-refractivity contribution is -0.144. The SMILES string of the molecule is CCCCC(C(=O)O)C(CCCC)(CCCC)P(=O)(O)O. The van der Waals surface area contributed by atoms with Gasteiger partial charge in [-0.2, -0.15) is 0 Å². The van der Waals surface area contributed by atoms with E-state index < -0.39 is 24.6 Å². The molecule has 0 heterocycles. The molecule has 6 heteroatoms. The molecule has 0 radical (unpaired) electrons. The summed E-state index contributed by atoms with van der Waals surface area (Å²) >= 11 is 0. The van der Waals surface area contributed by atoms with Gasteiger partial charge in [0, 0.05) is 0 Å². The molecule has 0 aliphatic rings. The zero-order valence-corrected chi connectivity index (χ0v) is 14.4. The van der Waals surface area contributed by atoms with E-state index in [1.165, 1.54) is 0 Å². The Bertz CT molecular complexity index is 342. The Labute approximate surface area is 128 Å². The molecule has 0 saturated carbocycles. The molecule has 21 heavy (non-hydrogen) atoms. The summed E-state index contributed by atoms with van der Waals surface area (Å²) in [4.78, 5) is 31.6. The van der Waals surface area contributed by atoms with Gasteiger partial charge in [-0.05, 0) is 19.3 Å². The maximum Gasteiger partial charge on any atom is 0.332 e. The summed E-state index contributed by atoms with van der Waals surface area (Å²) in [5, 5.41) is 8.15. The van der Waals surface area contributed by atoms with E-state index in [4.69, 9.17) is 0 Å². The van der Waals surface area contributed by atoms with Crippen molar-refractivity contribution in [2.45, 2.75) is 83.7 Å². The van der Waals surface area contributed by atoms with Gasteiger partial charge >= 0.3 is 13.6 Å². The molecule has 0 aromatic rings. The highest BCUT2D eigenvalue weighted by Crippen LogP contribution is 2.60. The maximum atomic E-state index is 12.2. The van der Waals surface area contributed by atoms with Gasteiger partial charge in [0.15, 0.2) is 0 Å². The first-order valence-electron chi connectivity index (χ1n) is 8.05. The zero-order chi connectivity index (χ0) is 16.5. The topological polar surface area (TPSA) is 94.8 Å². The van der Waals surface area contributed by atoms with Crippen molar-refractivity contribution in [3.05, 3.63) is 0 Å². The smallest absolute Gasteiger partial charge is 0.332 e. The molecule has 0 saturated heterocycles. The fourth-order valence-corrected chi connectivity index (χ4v) is 4.51. The highest BCUT2D eigenvalue weighted by atomic mass is 31.2. The Hall–Kier alpha value is -0.380. The van der Waals surface area contributed by atoms with Gasteiger partial charge in [0.05, 0.1) is 11.1 Å². The number of rotatable bonds is 12. The average molecular weight is 322 g/mol. The van der Waals surface area contributed by atoms with E-state index in [1.807, 2.05) is 20.8 Å². The Kier molecular flexibility index (Phi) is 9.43. The quantitative estimate of drug-likeness (QED) is 0.469. The van der Waals surface area contributed by atoms with Crippen molar-refractivity contribution in [2.75, 3.05) is 0 Å². The Morgan fingerprint density at radius 2 is 1.43 bits per heavy atom. The third kappa shape index (κ3) is 5.72. The Balaban J connectivity index is 5.64. The van der Waals surface area contributed by atoms with E-state index in [0.29, 0.717) is 25.7 Å². The summed E-state index contributed by atoms with van der Waals surface area (Å²) in [6.07, 6.45) is 5.30. The van der Waals surface area contributed by atoms with Gasteiger partial charge < -0.3 is 14.9 Å². The van der Waals surface area contributed by atoms with Crippen LogP contribution >= 0.6 is 7.60 Å². The number of carbonyl (C=O) groups is 1. The normalized spacial score (nSPS) is 14.1. The van der Waals surface area contributed by atoms with Crippen LogP contribution in [0.3, 0.4) is 0 Å². The summed E-state index contributed by atoms with van der Waals surface area (Å²) in [5.74, 6) is -2.03. The average Bonchev–Trinajstić information content (AvgIpc) is 2.39. The van der Waals surface area contributed by atoms with Crippen LogP contribution in [0.5, 0.6) is 0 Å². The number of carboxylic acids is 1. The van der Waals surface area contributed by atoms with Crippen LogP contribution in [-0.4, -0.2) is 26.0 Å². The number of unbranched alkanes of at least 4 members (excludes halogenated alkanes) is 3. The van der Waals surface area contributed by atoms with Gasteiger partial charge in [0.1, 0.15) is 0 Å². The van der Waals surface area contributed by atoms with Gasteiger partial charge in [-0.1, -0.05) is 59.3 Å². The van der Waals surface area contributed by atoms with E-state index in [9.17, 15) is 24.3 Å². The molecule has 3 N–H and O–H groups in total. The molecule has 0 aromatic heterocycles. The number of hydrogen-bond donors (Lipinski definition) is 3. The lowest BCUT2D eigenvalue weighted by Crippen LogP contribution is -2.42. The first-order valence-corrected chi connectivity index (χ1v) is 9.66. The van der Waals surface area contributed by atoms with Crippen molar-refractivity contribution >= 4 is 13.6 Å². The fraction of sp³-hybridized carbons (Fsp3) is 0.933. The minimum Gasteiger partial charge on any atom is -0.481 e. The van der Waals surface area contributed by atoms with E-state index in [1.54, 1.807) is 0 Å². The van der Waals surface area contributed by atoms with E-state index in [0.717, 1.165) is 19.3 Å². The molecule has 0 spiro atoms. The lowest BCUT2D eigenvalue weighted by Gasteiger charge is -2.39. The molecule has 5 nitrogen and oxygen atoms in total. The Morgan fingerprint density at radius 1 is 1.00 bits per heavy atom. The van der Waals surface area contributed by atoms with E-state index in [2.05, 4.69) is 0 Å². The van der Waals surface area contributed by atoms with Crippen LogP contribution in [0.2, 0.25) is 0 Å². The summed E-state index contributed by atoms with van der Waals surface area (Å²) in [7, 11) is -4.50. The molecule has 0 fully saturated rings. The largest absolute Gasteiger partial charge is 0.481 e. The zero-order valence-electron chi connectivity index (χ0n) is 13.5. The molecule has 0 aliphatic carbocycles. The molecule has 0 bridgehead atoms. The van der Waals surface area contributed by atoms with Gasteiger partial charge in [-0.3, -0.25) is 9.36 Å². The number of aliphatic carboxylic acids is 1. The third-order valence-electron chi connectivity index (χ3n) is 4.30. The summed E-state index contributed by atoms with van der Waals surface area (Å²) in [5.41, 5.74) is 0. The maximum absolute atomic E-state index is 12.2. The summed E-state index contributed by atoms with van der Waals surface area (Å²) in [6.45, 7) is 5.86. The van der Waals surface area contributed by atoms with E-state index in [-0.39, 0.29) is 12.8 Å². The fourth-order valence-electron chi connectivity index (χ4n) is 2.96. The second-order valence-electron chi connectivity index (χ2n) is 5.89. The van der Waals surface area contributed by atoms with Crippen molar-refractivity contribution in [1.29, 1.82) is 0 Å². The monoisotopic (exact) mass is 322 g/mol. The Morgan fingerprint density at radius 3 is 1.71 bits per heavy atom. The number of hydrogen-bond acceptors (Lipinski definition) is 2. The van der Waals surface area contributed by atoms with Gasteiger partial charge in [-0.25, -0.2) is 0 Å². The third-order valence-corrected chi connectivity index (χ3v) is 6.22. The second-order valence-corrected chi connectivity index (χ2v) is 7.87. The molecule has 1 atom stereocenters. The molecule has 126 valence electrons. The van der Waals surface area contributed by atoms with Crippen LogP contribution in [0, 0.1) is 5.92 Å². The second kappa shape index (κ2) is 9.60. The summed E-state index contributed by atoms with van der Waals surface area (Å²) in [6, 6.07) is 0. The van der Waals surface area contributed by atoms with Gasteiger partial charge in [0.25, 0.3) is 0 Å².